The molecule has 0 bridgehead atoms. The lowest BCUT2D eigenvalue weighted by atomic mass is 10.2. The van der Waals surface area contributed by atoms with Crippen molar-refractivity contribution in [3.63, 3.8) is 0 Å². The summed E-state index contributed by atoms with van der Waals surface area (Å²) in [5.41, 5.74) is -0.387. The van der Waals surface area contributed by atoms with Crippen LogP contribution < -0.4 is 14.8 Å². The lowest BCUT2D eigenvalue weighted by Gasteiger charge is -2.09. The van der Waals surface area contributed by atoms with E-state index in [1.165, 1.54) is 53.3 Å². The largest absolute Gasteiger partial charge is 0.464 e. The lowest BCUT2D eigenvalue weighted by molar-refractivity contribution is -0.386. The highest BCUT2D eigenvalue weighted by atomic mass is 35.5. The van der Waals surface area contributed by atoms with Gasteiger partial charge in [0.25, 0.3) is 11.6 Å². The summed E-state index contributed by atoms with van der Waals surface area (Å²) in [5.74, 6) is -0.0639. The molecule has 3 aromatic carbocycles. The summed E-state index contributed by atoms with van der Waals surface area (Å²) in [7, 11) is 0. The maximum absolute atomic E-state index is 12.7. The standard InChI is InChI=1S/C23H16ClN5O7/c24-15-5-7-18(8-6-15)36-19-12-16(11-17(13-19)28(31)32)25-23(30)20-9-10-27(26-20)14-35-22-4-2-1-3-21(22)29(33)34/h1-13H,14H2,(H,25,30). The summed E-state index contributed by atoms with van der Waals surface area (Å²) in [6, 6.07) is 17.5. The molecule has 1 heterocycles. The van der Waals surface area contributed by atoms with Gasteiger partial charge in [-0.25, -0.2) is 4.68 Å². The number of hydrogen-bond donors (Lipinski definition) is 1. The third-order valence-electron chi connectivity index (χ3n) is 4.70. The van der Waals surface area contributed by atoms with Gasteiger partial charge in [-0.2, -0.15) is 5.10 Å². The summed E-state index contributed by atoms with van der Waals surface area (Å²) in [4.78, 5) is 34.0. The fourth-order valence-corrected chi connectivity index (χ4v) is 3.20. The number of aromatic nitrogens is 2. The minimum absolute atomic E-state index is 0.00663. The Morgan fingerprint density at radius 2 is 1.72 bits per heavy atom. The molecular formula is C23H16ClN5O7. The quantitative estimate of drug-likeness (QED) is 0.231. The van der Waals surface area contributed by atoms with Crippen LogP contribution in [0.5, 0.6) is 17.2 Å². The first kappa shape index (κ1) is 24.2. The Balaban J connectivity index is 1.46. The summed E-state index contributed by atoms with van der Waals surface area (Å²) >= 11 is 5.86. The molecule has 0 saturated carbocycles. The van der Waals surface area contributed by atoms with Gasteiger partial charge in [0.1, 0.15) is 11.5 Å². The number of anilines is 1. The number of benzene rings is 3. The predicted octanol–water partition coefficient (Wildman–Crippen LogP) is 5.43. The van der Waals surface area contributed by atoms with Gasteiger partial charge in [0.05, 0.1) is 21.6 Å². The number of ether oxygens (including phenoxy) is 2. The van der Waals surface area contributed by atoms with Crippen LogP contribution in [0.4, 0.5) is 17.1 Å². The molecule has 13 heteroatoms. The summed E-state index contributed by atoms with van der Waals surface area (Å²) in [6.45, 7) is -0.186. The Kier molecular flexibility index (Phi) is 7.07. The highest BCUT2D eigenvalue weighted by Crippen LogP contribution is 2.30. The van der Waals surface area contributed by atoms with Crippen LogP contribution >= 0.6 is 11.6 Å². The van der Waals surface area contributed by atoms with Gasteiger partial charge in [0.2, 0.25) is 0 Å². The van der Waals surface area contributed by atoms with Crippen LogP contribution in [0.2, 0.25) is 5.02 Å². The molecule has 182 valence electrons. The molecule has 0 saturated heterocycles. The van der Waals surface area contributed by atoms with Gasteiger partial charge in [-0.1, -0.05) is 23.7 Å². The molecule has 0 aliphatic carbocycles. The summed E-state index contributed by atoms with van der Waals surface area (Å²) < 4.78 is 12.4. The second-order valence-corrected chi connectivity index (χ2v) is 7.66. The van der Waals surface area contributed by atoms with Crippen LogP contribution in [0.1, 0.15) is 10.5 Å². The summed E-state index contributed by atoms with van der Waals surface area (Å²) in [6.07, 6.45) is 1.45. The predicted molar refractivity (Wildman–Crippen MR) is 129 cm³/mol. The zero-order valence-corrected chi connectivity index (χ0v) is 19.0. The number of para-hydroxylation sites is 2. The van der Waals surface area contributed by atoms with E-state index < -0.39 is 15.8 Å². The number of carbonyl (C=O) groups excluding carboxylic acids is 1. The second-order valence-electron chi connectivity index (χ2n) is 7.22. The molecule has 0 aliphatic rings. The molecule has 0 fully saturated rings. The molecule has 0 unspecified atom stereocenters. The maximum atomic E-state index is 12.7. The average molecular weight is 510 g/mol. The Labute approximate surface area is 207 Å². The zero-order chi connectivity index (χ0) is 25.7. The average Bonchev–Trinajstić information content (AvgIpc) is 3.33. The number of carbonyl (C=O) groups is 1. The second kappa shape index (κ2) is 10.5. The van der Waals surface area contributed by atoms with Gasteiger partial charge < -0.3 is 14.8 Å². The number of nitro benzene ring substituents is 2. The maximum Gasteiger partial charge on any atom is 0.311 e. The number of hydrogen-bond acceptors (Lipinski definition) is 8. The monoisotopic (exact) mass is 509 g/mol. The van der Waals surface area contributed by atoms with Gasteiger partial charge in [0, 0.05) is 29.4 Å². The van der Waals surface area contributed by atoms with Crippen molar-refractivity contribution in [2.45, 2.75) is 6.73 Å². The number of non-ortho nitro benzene ring substituents is 1. The van der Waals surface area contributed by atoms with Crippen LogP contribution in [-0.2, 0) is 6.73 Å². The van der Waals surface area contributed by atoms with Gasteiger partial charge in [-0.3, -0.25) is 25.0 Å². The minimum atomic E-state index is -0.641. The molecule has 1 aromatic heterocycles. The molecule has 12 nitrogen and oxygen atoms in total. The van der Waals surface area contributed by atoms with Crippen molar-refractivity contribution in [2.24, 2.45) is 0 Å². The van der Waals surface area contributed by atoms with Crippen molar-refractivity contribution in [1.29, 1.82) is 0 Å². The molecule has 36 heavy (non-hydrogen) atoms. The number of nitrogens with zero attached hydrogens (tertiary/aromatic N) is 4. The number of halogens is 1. The van der Waals surface area contributed by atoms with Gasteiger partial charge >= 0.3 is 5.69 Å². The molecule has 4 aromatic rings. The van der Waals surface area contributed by atoms with E-state index in [0.717, 1.165) is 0 Å². The lowest BCUT2D eigenvalue weighted by Crippen LogP contribution is -2.14. The number of rotatable bonds is 9. The molecular weight excluding hydrogens is 494 g/mol. The van der Waals surface area contributed by atoms with Crippen molar-refractivity contribution in [3.8, 4) is 17.2 Å². The van der Waals surface area contributed by atoms with Crippen LogP contribution in [0, 0.1) is 20.2 Å². The Morgan fingerprint density at radius 1 is 0.972 bits per heavy atom. The molecule has 4 rings (SSSR count). The first-order valence-corrected chi connectivity index (χ1v) is 10.6. The Hall–Kier alpha value is -4.97. The van der Waals surface area contributed by atoms with E-state index in [0.29, 0.717) is 10.8 Å². The van der Waals surface area contributed by atoms with Crippen LogP contribution in [0.15, 0.2) is 79.0 Å². The van der Waals surface area contributed by atoms with Crippen LogP contribution in [0.25, 0.3) is 0 Å². The fourth-order valence-electron chi connectivity index (χ4n) is 3.07. The van der Waals surface area contributed by atoms with E-state index in [9.17, 15) is 25.0 Å². The number of nitrogens with one attached hydrogen (secondary N) is 1. The summed E-state index contributed by atoms with van der Waals surface area (Å²) in [5, 5.41) is 29.6. The topological polar surface area (TPSA) is 152 Å². The molecule has 0 spiro atoms. The highest BCUT2D eigenvalue weighted by Gasteiger charge is 2.17. The minimum Gasteiger partial charge on any atom is -0.464 e. The van der Waals surface area contributed by atoms with Crippen molar-refractivity contribution < 1.29 is 24.1 Å². The molecule has 1 N–H and O–H groups in total. The van der Waals surface area contributed by atoms with E-state index in [-0.39, 0.29) is 41.0 Å². The first-order valence-electron chi connectivity index (χ1n) is 10.2. The molecule has 0 radical (unpaired) electrons. The molecule has 0 atom stereocenters. The van der Waals surface area contributed by atoms with E-state index in [1.54, 1.807) is 30.3 Å². The number of nitro groups is 2. The van der Waals surface area contributed by atoms with E-state index in [1.807, 2.05) is 0 Å². The Bertz CT molecular complexity index is 1440. The van der Waals surface area contributed by atoms with Crippen LogP contribution in [0.3, 0.4) is 0 Å². The Morgan fingerprint density at radius 3 is 2.44 bits per heavy atom. The highest BCUT2D eigenvalue weighted by molar-refractivity contribution is 6.30. The normalized spacial score (nSPS) is 10.5. The van der Waals surface area contributed by atoms with Crippen molar-refractivity contribution >= 4 is 34.6 Å². The van der Waals surface area contributed by atoms with Crippen molar-refractivity contribution in [1.82, 2.24) is 9.78 Å². The van der Waals surface area contributed by atoms with Crippen LogP contribution in [-0.4, -0.2) is 25.5 Å². The van der Waals surface area contributed by atoms with Gasteiger partial charge in [0.15, 0.2) is 18.2 Å². The third kappa shape index (κ3) is 5.93. The van der Waals surface area contributed by atoms with E-state index >= 15 is 0 Å². The fraction of sp³-hybridized carbons (Fsp3) is 0.0435. The zero-order valence-electron chi connectivity index (χ0n) is 18.2. The van der Waals surface area contributed by atoms with Crippen molar-refractivity contribution in [2.75, 3.05) is 5.32 Å². The van der Waals surface area contributed by atoms with Crippen molar-refractivity contribution in [3.05, 3.63) is 110 Å². The number of amides is 1. The molecule has 0 aliphatic heterocycles. The van der Waals surface area contributed by atoms with Gasteiger partial charge in [-0.05, 0) is 36.4 Å². The SMILES string of the molecule is O=C(Nc1cc(Oc2ccc(Cl)cc2)cc([N+](=O)[O-])c1)c1ccn(COc2ccccc2[N+](=O)[O-])n1. The van der Waals surface area contributed by atoms with E-state index in [4.69, 9.17) is 21.1 Å². The third-order valence-corrected chi connectivity index (χ3v) is 4.95. The molecule has 1 amide bonds. The smallest absolute Gasteiger partial charge is 0.311 e. The first-order chi connectivity index (χ1) is 17.3. The van der Waals surface area contributed by atoms with Gasteiger partial charge in [-0.15, -0.1) is 0 Å². The van der Waals surface area contributed by atoms with E-state index in [2.05, 4.69) is 10.4 Å².